The van der Waals surface area contributed by atoms with E-state index in [0.29, 0.717) is 17.0 Å². The lowest BCUT2D eigenvalue weighted by molar-refractivity contribution is 0.614. The molecular weight excluding hydrogens is 271 g/mol. The Balaban J connectivity index is 2.26. The number of thiazole rings is 1. The smallest absolute Gasteiger partial charge is 0.128 e. The fourth-order valence-electron chi connectivity index (χ4n) is 1.74. The number of rotatable bonds is 4. The fourth-order valence-corrected chi connectivity index (χ4v) is 3.06. The third kappa shape index (κ3) is 2.88. The molecule has 0 aliphatic rings. The number of hydrogen-bond donors (Lipinski definition) is 1. The van der Waals surface area contributed by atoms with Crippen molar-refractivity contribution >= 4 is 22.9 Å². The lowest BCUT2D eigenvalue weighted by Gasteiger charge is -2.02. The van der Waals surface area contributed by atoms with Gasteiger partial charge in [0.2, 0.25) is 0 Å². The van der Waals surface area contributed by atoms with E-state index in [4.69, 9.17) is 11.6 Å². The summed E-state index contributed by atoms with van der Waals surface area (Å²) in [6.45, 7) is 2.75. The van der Waals surface area contributed by atoms with Gasteiger partial charge in [-0.05, 0) is 26.1 Å². The Morgan fingerprint density at radius 3 is 2.89 bits per heavy atom. The Morgan fingerprint density at radius 1 is 1.44 bits per heavy atom. The van der Waals surface area contributed by atoms with E-state index in [2.05, 4.69) is 10.3 Å². The highest BCUT2D eigenvalue weighted by atomic mass is 35.5. The van der Waals surface area contributed by atoms with Crippen molar-refractivity contribution < 1.29 is 4.39 Å². The predicted octanol–water partition coefficient (Wildman–Crippen LogP) is 3.55. The van der Waals surface area contributed by atoms with Crippen LogP contribution < -0.4 is 5.32 Å². The molecule has 1 N–H and O–H groups in total. The van der Waals surface area contributed by atoms with Crippen LogP contribution in [0.5, 0.6) is 0 Å². The quantitative estimate of drug-likeness (QED) is 0.929. The Kier molecular flexibility index (Phi) is 4.32. The van der Waals surface area contributed by atoms with Gasteiger partial charge >= 0.3 is 0 Å². The van der Waals surface area contributed by atoms with Gasteiger partial charge in [-0.25, -0.2) is 9.37 Å². The molecule has 0 fully saturated rings. The molecule has 0 bridgehead atoms. The lowest BCUT2D eigenvalue weighted by atomic mass is 10.1. The van der Waals surface area contributed by atoms with E-state index >= 15 is 0 Å². The highest BCUT2D eigenvalue weighted by molar-refractivity contribution is 7.11. The molecule has 0 saturated carbocycles. The maximum absolute atomic E-state index is 13.7. The molecule has 2 rings (SSSR count). The molecule has 1 aromatic carbocycles. The van der Waals surface area contributed by atoms with Crippen molar-refractivity contribution in [2.45, 2.75) is 19.9 Å². The fraction of sp³-hybridized carbons (Fsp3) is 0.308. The molecule has 0 spiro atoms. The molecule has 96 valence electrons. The summed E-state index contributed by atoms with van der Waals surface area (Å²) in [7, 11) is 1.90. The summed E-state index contributed by atoms with van der Waals surface area (Å²) in [5.41, 5.74) is 1.51. The van der Waals surface area contributed by atoms with Crippen LogP contribution in [-0.4, -0.2) is 12.0 Å². The average Bonchev–Trinajstić information content (AvgIpc) is 2.66. The highest BCUT2D eigenvalue weighted by Crippen LogP contribution is 2.25. The first kappa shape index (κ1) is 13.5. The van der Waals surface area contributed by atoms with Crippen molar-refractivity contribution in [1.29, 1.82) is 0 Å². The van der Waals surface area contributed by atoms with E-state index in [0.717, 1.165) is 17.2 Å². The van der Waals surface area contributed by atoms with E-state index in [-0.39, 0.29) is 5.82 Å². The van der Waals surface area contributed by atoms with Gasteiger partial charge in [0, 0.05) is 28.4 Å². The summed E-state index contributed by atoms with van der Waals surface area (Å²) in [6, 6.07) is 4.74. The van der Waals surface area contributed by atoms with Gasteiger partial charge in [-0.1, -0.05) is 17.7 Å². The molecule has 0 aliphatic heterocycles. The molecule has 0 aliphatic carbocycles. The van der Waals surface area contributed by atoms with Crippen LogP contribution in [0.1, 0.15) is 21.1 Å². The summed E-state index contributed by atoms with van der Waals surface area (Å²) >= 11 is 7.61. The molecule has 2 nitrogen and oxygen atoms in total. The molecule has 1 heterocycles. The van der Waals surface area contributed by atoms with Gasteiger partial charge in [-0.3, -0.25) is 0 Å². The highest BCUT2D eigenvalue weighted by Gasteiger charge is 2.12. The molecule has 0 saturated heterocycles. The second-order valence-electron chi connectivity index (χ2n) is 4.02. The Labute approximate surface area is 115 Å². The van der Waals surface area contributed by atoms with Gasteiger partial charge in [0.05, 0.1) is 10.7 Å². The van der Waals surface area contributed by atoms with Crippen LogP contribution in [0, 0.1) is 12.7 Å². The van der Waals surface area contributed by atoms with E-state index in [9.17, 15) is 4.39 Å². The lowest BCUT2D eigenvalue weighted by Crippen LogP contribution is -2.04. The second-order valence-corrected chi connectivity index (χ2v) is 5.60. The summed E-state index contributed by atoms with van der Waals surface area (Å²) < 4.78 is 13.7. The Bertz CT molecular complexity index is 534. The maximum Gasteiger partial charge on any atom is 0.128 e. The standard InChI is InChI=1S/C13H14ClFN2S/c1-8-12(7-16-2)18-13(17-8)6-9-10(14)4-3-5-11(9)15/h3-5,16H,6-7H2,1-2H3. The molecule has 0 unspecified atom stereocenters. The zero-order chi connectivity index (χ0) is 13.1. The summed E-state index contributed by atoms with van der Waals surface area (Å²) in [6.07, 6.45) is 0.445. The normalized spacial score (nSPS) is 10.9. The van der Waals surface area contributed by atoms with Gasteiger partial charge in [0.15, 0.2) is 0 Å². The Morgan fingerprint density at radius 2 is 2.22 bits per heavy atom. The van der Waals surface area contributed by atoms with Crippen molar-refractivity contribution in [3.8, 4) is 0 Å². The minimum atomic E-state index is -0.273. The number of nitrogens with zero attached hydrogens (tertiary/aromatic N) is 1. The Hall–Kier alpha value is -0.970. The topological polar surface area (TPSA) is 24.9 Å². The summed E-state index contributed by atoms with van der Waals surface area (Å²) in [5, 5.41) is 4.44. The van der Waals surface area contributed by atoms with Crippen LogP contribution in [0.25, 0.3) is 0 Å². The zero-order valence-corrected chi connectivity index (χ0v) is 11.8. The summed E-state index contributed by atoms with van der Waals surface area (Å²) in [4.78, 5) is 5.64. The van der Waals surface area contributed by atoms with Crippen LogP contribution in [0.3, 0.4) is 0 Å². The van der Waals surface area contributed by atoms with Crippen molar-refractivity contribution in [1.82, 2.24) is 10.3 Å². The minimum absolute atomic E-state index is 0.273. The van der Waals surface area contributed by atoms with Crippen molar-refractivity contribution in [3.63, 3.8) is 0 Å². The zero-order valence-electron chi connectivity index (χ0n) is 10.3. The van der Waals surface area contributed by atoms with Crippen LogP contribution in [-0.2, 0) is 13.0 Å². The van der Waals surface area contributed by atoms with E-state index in [1.807, 2.05) is 14.0 Å². The van der Waals surface area contributed by atoms with Crippen LogP contribution in [0.2, 0.25) is 5.02 Å². The van der Waals surface area contributed by atoms with Gasteiger partial charge in [0.1, 0.15) is 5.82 Å². The SMILES string of the molecule is CNCc1sc(Cc2c(F)cccc2Cl)nc1C. The third-order valence-electron chi connectivity index (χ3n) is 2.66. The largest absolute Gasteiger partial charge is 0.315 e. The van der Waals surface area contributed by atoms with E-state index in [1.165, 1.54) is 10.9 Å². The van der Waals surface area contributed by atoms with Gasteiger partial charge in [-0.15, -0.1) is 11.3 Å². The van der Waals surface area contributed by atoms with Crippen LogP contribution in [0.4, 0.5) is 4.39 Å². The molecule has 1 aromatic heterocycles. The molecular formula is C13H14ClFN2S. The summed E-state index contributed by atoms with van der Waals surface area (Å²) in [5.74, 6) is -0.273. The van der Waals surface area contributed by atoms with E-state index in [1.54, 1.807) is 23.5 Å². The molecule has 0 atom stereocenters. The number of aromatic nitrogens is 1. The molecule has 2 aromatic rings. The first-order valence-corrected chi connectivity index (χ1v) is 6.84. The van der Waals surface area contributed by atoms with Crippen LogP contribution in [0.15, 0.2) is 18.2 Å². The molecule has 18 heavy (non-hydrogen) atoms. The number of halogens is 2. The van der Waals surface area contributed by atoms with Crippen molar-refractivity contribution in [2.75, 3.05) is 7.05 Å². The molecule has 5 heteroatoms. The predicted molar refractivity (Wildman–Crippen MR) is 73.8 cm³/mol. The monoisotopic (exact) mass is 284 g/mol. The molecule has 0 radical (unpaired) electrons. The van der Waals surface area contributed by atoms with Crippen molar-refractivity contribution in [3.05, 3.63) is 50.2 Å². The minimum Gasteiger partial charge on any atom is -0.315 e. The first-order chi connectivity index (χ1) is 8.61. The van der Waals surface area contributed by atoms with Gasteiger partial charge < -0.3 is 5.32 Å². The second kappa shape index (κ2) is 5.78. The average molecular weight is 285 g/mol. The number of benzene rings is 1. The van der Waals surface area contributed by atoms with Crippen molar-refractivity contribution in [2.24, 2.45) is 0 Å². The third-order valence-corrected chi connectivity index (χ3v) is 4.18. The van der Waals surface area contributed by atoms with Crippen LogP contribution >= 0.6 is 22.9 Å². The number of hydrogen-bond acceptors (Lipinski definition) is 3. The maximum atomic E-state index is 13.7. The van der Waals surface area contributed by atoms with E-state index < -0.39 is 0 Å². The number of aryl methyl sites for hydroxylation is 1. The molecule has 0 amide bonds. The van der Waals surface area contributed by atoms with Gasteiger partial charge in [-0.2, -0.15) is 0 Å². The van der Waals surface area contributed by atoms with Gasteiger partial charge in [0.25, 0.3) is 0 Å². The number of nitrogens with one attached hydrogen (secondary N) is 1. The first-order valence-electron chi connectivity index (χ1n) is 5.64.